The van der Waals surface area contributed by atoms with Crippen molar-refractivity contribution in [2.24, 2.45) is 0 Å². The van der Waals surface area contributed by atoms with Crippen LogP contribution in [0.25, 0.3) is 0 Å². The van der Waals surface area contributed by atoms with Crippen LogP contribution in [-0.2, 0) is 4.74 Å². The molecule has 0 bridgehead atoms. The maximum atomic E-state index is 9.80. The first-order chi connectivity index (χ1) is 6.70. The molecule has 3 nitrogen and oxygen atoms in total. The van der Waals surface area contributed by atoms with Crippen LogP contribution in [0.2, 0.25) is 0 Å². The largest absolute Gasteiger partial charge is 0.362 e. The van der Waals surface area contributed by atoms with E-state index in [9.17, 15) is 5.11 Å². The van der Waals surface area contributed by atoms with Crippen LogP contribution in [0.3, 0.4) is 0 Å². The third-order valence-corrected chi connectivity index (χ3v) is 2.57. The Hall–Kier alpha value is -0.850. The van der Waals surface area contributed by atoms with E-state index in [2.05, 4.69) is 12.6 Å². The molecule has 1 saturated heterocycles. The number of hydrogen-bond donors (Lipinski definition) is 1. The lowest BCUT2D eigenvalue weighted by atomic mass is 9.98. The first-order valence-corrected chi connectivity index (χ1v) is 5.11. The molecule has 2 atom stereocenters. The number of rotatable bonds is 4. The molecule has 0 aromatic carbocycles. The van der Waals surface area contributed by atoms with Crippen molar-refractivity contribution in [2.45, 2.75) is 50.4 Å². The number of nitrogens with zero attached hydrogens (tertiary/aromatic N) is 1. The highest BCUT2D eigenvalue weighted by atomic mass is 16.6. The molecular weight excluding hydrogens is 178 g/mol. The first kappa shape index (κ1) is 11.2. The second-order valence-electron chi connectivity index (χ2n) is 3.73. The van der Waals surface area contributed by atoms with Gasteiger partial charge in [0, 0.05) is 12.8 Å². The van der Waals surface area contributed by atoms with Crippen LogP contribution in [0, 0.1) is 11.3 Å². The van der Waals surface area contributed by atoms with Crippen LogP contribution < -0.4 is 0 Å². The van der Waals surface area contributed by atoms with Crippen molar-refractivity contribution in [1.82, 2.24) is 0 Å². The molecule has 14 heavy (non-hydrogen) atoms. The average Bonchev–Trinajstić information content (AvgIpc) is 2.19. The Balaban J connectivity index is 2.33. The lowest BCUT2D eigenvalue weighted by molar-refractivity contribution is -0.222. The van der Waals surface area contributed by atoms with Gasteiger partial charge in [0.1, 0.15) is 0 Å². The normalized spacial score (nSPS) is 32.1. The summed E-state index contributed by atoms with van der Waals surface area (Å²) in [6, 6.07) is 2.10. The fourth-order valence-electron chi connectivity index (χ4n) is 1.75. The van der Waals surface area contributed by atoms with Crippen LogP contribution in [0.5, 0.6) is 0 Å². The first-order valence-electron chi connectivity index (χ1n) is 5.11. The minimum Gasteiger partial charge on any atom is -0.362 e. The molecule has 1 rings (SSSR count). The minimum atomic E-state index is -1.13. The van der Waals surface area contributed by atoms with E-state index in [4.69, 9.17) is 10.00 Å². The third-order valence-electron chi connectivity index (χ3n) is 2.57. The number of hydrogen-bond acceptors (Lipinski definition) is 3. The molecule has 3 heteroatoms. The summed E-state index contributed by atoms with van der Waals surface area (Å²) in [4.78, 5) is 0. The Labute approximate surface area is 85.0 Å². The highest BCUT2D eigenvalue weighted by Gasteiger charge is 2.31. The molecule has 0 saturated carbocycles. The van der Waals surface area contributed by atoms with E-state index in [1.54, 1.807) is 0 Å². The monoisotopic (exact) mass is 195 g/mol. The van der Waals surface area contributed by atoms with Gasteiger partial charge in [-0.1, -0.05) is 6.58 Å². The zero-order chi connectivity index (χ0) is 10.4. The molecule has 0 spiro atoms. The molecule has 0 aliphatic carbocycles. The van der Waals surface area contributed by atoms with Crippen molar-refractivity contribution in [2.75, 3.05) is 0 Å². The van der Waals surface area contributed by atoms with Gasteiger partial charge in [-0.05, 0) is 31.8 Å². The molecule has 0 aromatic heterocycles. The summed E-state index contributed by atoms with van der Waals surface area (Å²) >= 11 is 0. The second-order valence-corrected chi connectivity index (χ2v) is 3.73. The lowest BCUT2D eigenvalue weighted by Gasteiger charge is -2.35. The quantitative estimate of drug-likeness (QED) is 0.552. The maximum Gasteiger partial charge on any atom is 0.185 e. The molecule has 1 aliphatic rings. The van der Waals surface area contributed by atoms with Crippen molar-refractivity contribution >= 4 is 0 Å². The van der Waals surface area contributed by atoms with Crippen molar-refractivity contribution < 1.29 is 9.84 Å². The van der Waals surface area contributed by atoms with E-state index >= 15 is 0 Å². The Morgan fingerprint density at radius 1 is 1.71 bits per heavy atom. The van der Waals surface area contributed by atoms with E-state index in [-0.39, 0.29) is 6.10 Å². The van der Waals surface area contributed by atoms with Gasteiger partial charge in [-0.25, -0.2) is 0 Å². The van der Waals surface area contributed by atoms with Crippen molar-refractivity contribution in [3.63, 3.8) is 0 Å². The average molecular weight is 195 g/mol. The summed E-state index contributed by atoms with van der Waals surface area (Å²) in [6.07, 6.45) is 6.36. The fraction of sp³-hybridized carbons (Fsp3) is 0.727. The third kappa shape index (κ3) is 3.13. The summed E-state index contributed by atoms with van der Waals surface area (Å²) in [5.41, 5.74) is 0. The fourth-order valence-corrected chi connectivity index (χ4v) is 1.75. The van der Waals surface area contributed by atoms with Gasteiger partial charge in [-0.15, -0.1) is 0 Å². The Bertz CT molecular complexity index is 234. The van der Waals surface area contributed by atoms with E-state index in [0.717, 1.165) is 25.7 Å². The molecule has 78 valence electrons. The van der Waals surface area contributed by atoms with Crippen LogP contribution in [0.15, 0.2) is 12.7 Å². The zero-order valence-electron chi connectivity index (χ0n) is 8.41. The summed E-state index contributed by atoms with van der Waals surface area (Å²) < 4.78 is 5.50. The van der Waals surface area contributed by atoms with Gasteiger partial charge in [0.15, 0.2) is 5.79 Å². The summed E-state index contributed by atoms with van der Waals surface area (Å²) in [5.74, 6) is -1.13. The molecule has 0 aromatic rings. The predicted molar refractivity (Wildman–Crippen MR) is 53.3 cm³/mol. The van der Waals surface area contributed by atoms with Gasteiger partial charge < -0.3 is 9.84 Å². The molecule has 0 amide bonds. The van der Waals surface area contributed by atoms with Gasteiger partial charge in [-0.2, -0.15) is 5.26 Å². The van der Waals surface area contributed by atoms with E-state index in [1.807, 2.05) is 0 Å². The Morgan fingerprint density at radius 2 is 2.50 bits per heavy atom. The van der Waals surface area contributed by atoms with Gasteiger partial charge in [0.25, 0.3) is 0 Å². The molecule has 1 aliphatic heterocycles. The molecule has 0 radical (unpaired) electrons. The van der Waals surface area contributed by atoms with Crippen molar-refractivity contribution in [3.05, 3.63) is 12.7 Å². The van der Waals surface area contributed by atoms with Gasteiger partial charge in [0.2, 0.25) is 0 Å². The number of unbranched alkanes of at least 4 members (excludes halogenated alkanes) is 1. The number of aliphatic hydroxyl groups is 1. The standard InChI is InChI=1S/C11H17NO2/c1-2-11(13)8-5-7-10(14-11)6-3-4-9-12/h2,10,13H,1,3-8H2. The minimum absolute atomic E-state index is 0.0834. The van der Waals surface area contributed by atoms with E-state index < -0.39 is 5.79 Å². The summed E-state index contributed by atoms with van der Waals surface area (Å²) in [5, 5.41) is 18.2. The lowest BCUT2D eigenvalue weighted by Crippen LogP contribution is -2.38. The van der Waals surface area contributed by atoms with Crippen molar-refractivity contribution in [1.29, 1.82) is 5.26 Å². The molecule has 2 unspecified atom stereocenters. The SMILES string of the molecule is C=CC1(O)CCCC(CCCC#N)O1. The highest BCUT2D eigenvalue weighted by molar-refractivity contribution is 4.91. The van der Waals surface area contributed by atoms with Crippen LogP contribution in [0.4, 0.5) is 0 Å². The highest BCUT2D eigenvalue weighted by Crippen LogP contribution is 2.29. The molecular formula is C11H17NO2. The van der Waals surface area contributed by atoms with E-state index in [1.165, 1.54) is 6.08 Å². The number of nitriles is 1. The van der Waals surface area contributed by atoms with Crippen LogP contribution in [0.1, 0.15) is 38.5 Å². The van der Waals surface area contributed by atoms with Gasteiger partial charge in [-0.3, -0.25) is 0 Å². The summed E-state index contributed by atoms with van der Waals surface area (Å²) in [6.45, 7) is 3.56. The van der Waals surface area contributed by atoms with Crippen LogP contribution >= 0.6 is 0 Å². The van der Waals surface area contributed by atoms with Crippen molar-refractivity contribution in [3.8, 4) is 6.07 Å². The Morgan fingerprint density at radius 3 is 3.14 bits per heavy atom. The smallest absolute Gasteiger partial charge is 0.185 e. The van der Waals surface area contributed by atoms with Gasteiger partial charge in [0.05, 0.1) is 12.2 Å². The zero-order valence-corrected chi connectivity index (χ0v) is 8.41. The Kier molecular flexibility index (Phi) is 4.12. The maximum absolute atomic E-state index is 9.80. The summed E-state index contributed by atoms with van der Waals surface area (Å²) in [7, 11) is 0. The second kappa shape index (κ2) is 5.14. The van der Waals surface area contributed by atoms with Crippen LogP contribution in [-0.4, -0.2) is 17.0 Å². The topological polar surface area (TPSA) is 53.2 Å². The molecule has 1 fully saturated rings. The van der Waals surface area contributed by atoms with E-state index in [0.29, 0.717) is 12.8 Å². The van der Waals surface area contributed by atoms with Gasteiger partial charge >= 0.3 is 0 Å². The number of ether oxygens (including phenoxy) is 1. The molecule has 1 heterocycles. The molecule has 1 N–H and O–H groups in total. The predicted octanol–water partition coefficient (Wildman–Crippen LogP) is 2.12.